The van der Waals surface area contributed by atoms with Crippen LogP contribution in [0.5, 0.6) is 0 Å². The zero-order valence-electron chi connectivity index (χ0n) is 15.6. The van der Waals surface area contributed by atoms with Crippen LogP contribution in [0, 0.1) is 10.1 Å². The fourth-order valence-electron chi connectivity index (χ4n) is 2.27. The first-order valence-corrected chi connectivity index (χ1v) is 8.53. The largest absolute Gasteiger partial charge is 0.416 e. The third-order valence-electron chi connectivity index (χ3n) is 3.82. The number of rotatable bonds is 7. The van der Waals surface area contributed by atoms with E-state index in [4.69, 9.17) is 0 Å². The van der Waals surface area contributed by atoms with Crippen molar-refractivity contribution in [1.29, 1.82) is 0 Å². The third-order valence-corrected chi connectivity index (χ3v) is 3.82. The summed E-state index contributed by atoms with van der Waals surface area (Å²) in [5, 5.41) is 13.4. The van der Waals surface area contributed by atoms with Crippen LogP contribution in [-0.2, 0) is 15.8 Å². The molecular weight excluding hydrogens is 405 g/mol. The molecule has 0 heterocycles. The second-order valence-corrected chi connectivity index (χ2v) is 6.08. The summed E-state index contributed by atoms with van der Waals surface area (Å²) >= 11 is 0. The van der Waals surface area contributed by atoms with Gasteiger partial charge in [0.25, 0.3) is 11.6 Å². The zero-order valence-corrected chi connectivity index (χ0v) is 15.6. The molecule has 1 unspecified atom stereocenters. The highest BCUT2D eigenvalue weighted by molar-refractivity contribution is 5.95. The Morgan fingerprint density at radius 1 is 1.13 bits per heavy atom. The predicted molar refractivity (Wildman–Crippen MR) is 103 cm³/mol. The van der Waals surface area contributed by atoms with Crippen LogP contribution in [0.1, 0.15) is 18.1 Å². The molecule has 2 aromatic rings. The lowest BCUT2D eigenvalue weighted by molar-refractivity contribution is -0.384. The first-order valence-electron chi connectivity index (χ1n) is 8.53. The number of amides is 2. The summed E-state index contributed by atoms with van der Waals surface area (Å²) in [6, 6.07) is 9.75. The molecule has 8 nitrogen and oxygen atoms in total. The van der Waals surface area contributed by atoms with Gasteiger partial charge in [0.15, 0.2) is 0 Å². The van der Waals surface area contributed by atoms with Crippen LogP contribution in [0.2, 0.25) is 0 Å². The summed E-state index contributed by atoms with van der Waals surface area (Å²) in [6.45, 7) is 1.37. The Kier molecular flexibility index (Phi) is 7.13. The van der Waals surface area contributed by atoms with E-state index in [2.05, 4.69) is 16.2 Å². The number of nitro benzene ring substituents is 1. The second-order valence-electron chi connectivity index (χ2n) is 6.08. The molecule has 0 fully saturated rings. The molecule has 0 aliphatic heterocycles. The lowest BCUT2D eigenvalue weighted by Crippen LogP contribution is -2.46. The van der Waals surface area contributed by atoms with Crippen LogP contribution in [0.4, 0.5) is 24.5 Å². The maximum absolute atomic E-state index is 12.7. The number of nitrogens with one attached hydrogen (secondary N) is 3. The van der Waals surface area contributed by atoms with Gasteiger partial charge in [-0.2, -0.15) is 13.2 Å². The fourth-order valence-corrected chi connectivity index (χ4v) is 2.27. The number of anilines is 1. The molecule has 2 rings (SSSR count). The smallest absolute Gasteiger partial charge is 0.341 e. The molecule has 0 bridgehead atoms. The predicted octanol–water partition coefficient (Wildman–Crippen LogP) is 3.27. The molecular formula is C19H17F3N4O4. The number of hydrogen-bond donors (Lipinski definition) is 3. The van der Waals surface area contributed by atoms with E-state index in [1.165, 1.54) is 13.0 Å². The van der Waals surface area contributed by atoms with Gasteiger partial charge in [0, 0.05) is 12.1 Å². The molecule has 0 saturated heterocycles. The summed E-state index contributed by atoms with van der Waals surface area (Å²) in [6.07, 6.45) is -1.98. The van der Waals surface area contributed by atoms with Crippen LogP contribution in [0.15, 0.2) is 54.6 Å². The van der Waals surface area contributed by atoms with Gasteiger partial charge < -0.3 is 5.32 Å². The zero-order chi connectivity index (χ0) is 22.3. The summed E-state index contributed by atoms with van der Waals surface area (Å²) in [4.78, 5) is 34.0. The van der Waals surface area contributed by atoms with Crippen molar-refractivity contribution in [3.05, 3.63) is 75.8 Å². The quantitative estimate of drug-likeness (QED) is 0.360. The summed E-state index contributed by atoms with van der Waals surface area (Å²) in [7, 11) is 0. The topological polar surface area (TPSA) is 113 Å². The van der Waals surface area contributed by atoms with Gasteiger partial charge in [0.05, 0.1) is 10.5 Å². The minimum Gasteiger partial charge on any atom is -0.341 e. The highest BCUT2D eigenvalue weighted by Gasteiger charge is 2.33. The molecule has 11 heteroatoms. The molecule has 0 aromatic heterocycles. The molecule has 2 amide bonds. The summed E-state index contributed by atoms with van der Waals surface area (Å²) in [5.41, 5.74) is 2.69. The minimum absolute atomic E-state index is 0.344. The average Bonchev–Trinajstić information content (AvgIpc) is 2.70. The lowest BCUT2D eigenvalue weighted by Gasteiger charge is -2.15. The van der Waals surface area contributed by atoms with Crippen LogP contribution in [0.3, 0.4) is 0 Å². The molecule has 0 spiro atoms. The molecule has 0 saturated carbocycles. The van der Waals surface area contributed by atoms with E-state index < -0.39 is 40.2 Å². The molecule has 2 aromatic carbocycles. The number of alkyl halides is 3. The average molecular weight is 422 g/mol. The number of hydrazine groups is 1. The van der Waals surface area contributed by atoms with Gasteiger partial charge in [-0.15, -0.1) is 0 Å². The maximum Gasteiger partial charge on any atom is 0.416 e. The molecule has 3 N–H and O–H groups in total. The number of halogens is 3. The Hall–Kier alpha value is -3.89. The van der Waals surface area contributed by atoms with Gasteiger partial charge in [0.2, 0.25) is 5.91 Å². The van der Waals surface area contributed by atoms with E-state index in [9.17, 15) is 32.9 Å². The monoisotopic (exact) mass is 422 g/mol. The van der Waals surface area contributed by atoms with Gasteiger partial charge in [-0.3, -0.25) is 30.6 Å². The first-order chi connectivity index (χ1) is 14.1. The number of carbonyl (C=O) groups excluding carboxylic acids is 2. The Balaban J connectivity index is 1.97. The molecule has 0 radical (unpaired) electrons. The van der Waals surface area contributed by atoms with Crippen LogP contribution >= 0.6 is 0 Å². The molecule has 158 valence electrons. The van der Waals surface area contributed by atoms with Crippen molar-refractivity contribution in [2.75, 3.05) is 5.43 Å². The van der Waals surface area contributed by atoms with Crippen molar-refractivity contribution in [3.8, 4) is 0 Å². The molecule has 0 aliphatic carbocycles. The SMILES string of the molecule is CC(NC(=O)/C=C/c1ccccc1)C(=O)NNc1ccc(C(F)(F)F)cc1[N+](=O)[O-]. The normalized spacial score (nSPS) is 12.3. The van der Waals surface area contributed by atoms with Crippen LogP contribution in [0.25, 0.3) is 6.08 Å². The van der Waals surface area contributed by atoms with E-state index in [1.807, 2.05) is 6.07 Å². The number of nitro groups is 1. The maximum atomic E-state index is 12.7. The molecule has 30 heavy (non-hydrogen) atoms. The van der Waals surface area contributed by atoms with E-state index >= 15 is 0 Å². The Morgan fingerprint density at radius 3 is 2.40 bits per heavy atom. The highest BCUT2D eigenvalue weighted by Crippen LogP contribution is 2.34. The van der Waals surface area contributed by atoms with Gasteiger partial charge in [-0.1, -0.05) is 30.3 Å². The van der Waals surface area contributed by atoms with E-state index in [-0.39, 0.29) is 5.69 Å². The molecule has 0 aliphatic rings. The van der Waals surface area contributed by atoms with Crippen molar-refractivity contribution in [3.63, 3.8) is 0 Å². The standard InChI is InChI=1S/C19H17F3N4O4/c1-12(23-17(27)10-7-13-5-3-2-4-6-13)18(28)25-24-15-9-8-14(19(20,21)22)11-16(15)26(29)30/h2-12,24H,1H3,(H,23,27)(H,25,28)/b10-7+. The van der Waals surface area contributed by atoms with Crippen LogP contribution in [-0.4, -0.2) is 22.8 Å². The Morgan fingerprint density at radius 2 is 1.80 bits per heavy atom. The van der Waals surface area contributed by atoms with Gasteiger partial charge in [-0.25, -0.2) is 0 Å². The van der Waals surface area contributed by atoms with Crippen molar-refractivity contribution in [2.45, 2.75) is 19.1 Å². The summed E-state index contributed by atoms with van der Waals surface area (Å²) < 4.78 is 38.2. The summed E-state index contributed by atoms with van der Waals surface area (Å²) in [5.74, 6) is -1.31. The Bertz CT molecular complexity index is 962. The molecule has 1 atom stereocenters. The van der Waals surface area contributed by atoms with Gasteiger partial charge >= 0.3 is 6.18 Å². The first kappa shape index (κ1) is 22.4. The Labute approximate surface area is 168 Å². The third kappa shape index (κ3) is 6.33. The lowest BCUT2D eigenvalue weighted by atomic mass is 10.1. The number of hydrogen-bond acceptors (Lipinski definition) is 5. The van der Waals surface area contributed by atoms with E-state index in [0.717, 1.165) is 11.6 Å². The highest BCUT2D eigenvalue weighted by atomic mass is 19.4. The van der Waals surface area contributed by atoms with Gasteiger partial charge in [-0.05, 0) is 30.7 Å². The number of benzene rings is 2. The van der Waals surface area contributed by atoms with Gasteiger partial charge in [0.1, 0.15) is 11.7 Å². The number of nitrogens with zero attached hydrogens (tertiary/aromatic N) is 1. The van der Waals surface area contributed by atoms with Crippen molar-refractivity contribution >= 4 is 29.3 Å². The fraction of sp³-hybridized carbons (Fsp3) is 0.158. The van der Waals surface area contributed by atoms with E-state index in [0.29, 0.717) is 12.1 Å². The van der Waals surface area contributed by atoms with Crippen LogP contribution < -0.4 is 16.2 Å². The van der Waals surface area contributed by atoms with Crippen molar-refractivity contribution in [1.82, 2.24) is 10.7 Å². The minimum atomic E-state index is -4.75. The van der Waals surface area contributed by atoms with Crippen molar-refractivity contribution in [2.24, 2.45) is 0 Å². The van der Waals surface area contributed by atoms with E-state index in [1.54, 1.807) is 30.3 Å². The van der Waals surface area contributed by atoms with Crippen molar-refractivity contribution < 1.29 is 27.7 Å². The number of carbonyl (C=O) groups is 2. The second kappa shape index (κ2) is 9.54.